The van der Waals surface area contributed by atoms with Crippen molar-refractivity contribution in [1.29, 1.82) is 0 Å². The van der Waals surface area contributed by atoms with Crippen LogP contribution in [0.1, 0.15) is 15.9 Å². The van der Waals surface area contributed by atoms with Gasteiger partial charge in [0.05, 0.1) is 5.52 Å². The molecule has 0 aliphatic rings. The second-order valence-corrected chi connectivity index (χ2v) is 5.51. The van der Waals surface area contributed by atoms with Crippen molar-refractivity contribution in [3.05, 3.63) is 80.6 Å². The van der Waals surface area contributed by atoms with Crippen LogP contribution in [-0.4, -0.2) is 10.9 Å². The molecule has 0 bridgehead atoms. The minimum Gasteiger partial charge on any atom is -0.422 e. The summed E-state index contributed by atoms with van der Waals surface area (Å²) in [4.78, 5) is 38.0. The average molecular weight is 336 g/mol. The number of aromatic nitrogens is 1. The number of hydrogen-bond donors (Lipinski definition) is 2. The zero-order valence-corrected chi connectivity index (χ0v) is 12.9. The van der Waals surface area contributed by atoms with Crippen molar-refractivity contribution in [1.82, 2.24) is 10.3 Å². The van der Waals surface area contributed by atoms with Crippen LogP contribution in [0.3, 0.4) is 0 Å². The Morgan fingerprint density at radius 1 is 1.00 bits per heavy atom. The number of aromatic amines is 1. The van der Waals surface area contributed by atoms with Gasteiger partial charge in [0.25, 0.3) is 5.91 Å². The summed E-state index contributed by atoms with van der Waals surface area (Å²) in [7, 11) is 0. The first-order chi connectivity index (χ1) is 12.1. The first-order valence-corrected chi connectivity index (χ1v) is 7.53. The fourth-order valence-electron chi connectivity index (χ4n) is 2.61. The fraction of sp³-hybridized carbons (Fsp3) is 0.0556. The third-order valence-corrected chi connectivity index (χ3v) is 3.82. The molecule has 0 spiro atoms. The summed E-state index contributed by atoms with van der Waals surface area (Å²) in [5, 5.41) is 3.34. The first-order valence-electron chi connectivity index (χ1n) is 7.53. The van der Waals surface area contributed by atoms with E-state index >= 15 is 0 Å². The molecule has 0 aliphatic heterocycles. The molecular formula is C18H12N2O5. The van der Waals surface area contributed by atoms with Crippen molar-refractivity contribution in [2.24, 2.45) is 0 Å². The van der Waals surface area contributed by atoms with Gasteiger partial charge >= 0.3 is 11.4 Å². The number of oxazole rings is 1. The molecule has 0 atom stereocenters. The number of para-hydroxylation sites is 1. The van der Waals surface area contributed by atoms with Crippen LogP contribution in [-0.2, 0) is 6.54 Å². The minimum atomic E-state index is -0.689. The van der Waals surface area contributed by atoms with Crippen LogP contribution >= 0.6 is 0 Å². The van der Waals surface area contributed by atoms with Crippen LogP contribution in [0.15, 0.2) is 67.0 Å². The maximum atomic E-state index is 12.3. The molecule has 0 aliphatic carbocycles. The predicted octanol–water partition coefficient (Wildman–Crippen LogP) is 2.16. The highest BCUT2D eigenvalue weighted by molar-refractivity contribution is 5.96. The van der Waals surface area contributed by atoms with E-state index in [4.69, 9.17) is 8.83 Å². The van der Waals surface area contributed by atoms with E-state index in [2.05, 4.69) is 10.3 Å². The third kappa shape index (κ3) is 2.83. The lowest BCUT2D eigenvalue weighted by Gasteiger charge is -2.05. The van der Waals surface area contributed by atoms with Crippen molar-refractivity contribution in [3.8, 4) is 0 Å². The van der Waals surface area contributed by atoms with Crippen LogP contribution in [0.4, 0.5) is 0 Å². The Hall–Kier alpha value is -3.61. The number of nitrogens with one attached hydrogen (secondary N) is 2. The third-order valence-electron chi connectivity index (χ3n) is 3.82. The van der Waals surface area contributed by atoms with E-state index in [9.17, 15) is 14.4 Å². The predicted molar refractivity (Wildman–Crippen MR) is 90.5 cm³/mol. The monoisotopic (exact) mass is 336 g/mol. The molecule has 0 unspecified atom stereocenters. The van der Waals surface area contributed by atoms with Gasteiger partial charge < -0.3 is 14.2 Å². The van der Waals surface area contributed by atoms with E-state index in [-0.39, 0.29) is 12.1 Å². The van der Waals surface area contributed by atoms with Crippen molar-refractivity contribution in [2.45, 2.75) is 6.54 Å². The maximum absolute atomic E-state index is 12.3. The van der Waals surface area contributed by atoms with Crippen LogP contribution < -0.4 is 16.7 Å². The van der Waals surface area contributed by atoms with E-state index in [1.54, 1.807) is 42.5 Å². The van der Waals surface area contributed by atoms with Gasteiger partial charge in [-0.2, -0.15) is 0 Å². The quantitative estimate of drug-likeness (QED) is 0.558. The molecule has 0 saturated carbocycles. The summed E-state index contributed by atoms with van der Waals surface area (Å²) in [6.07, 6.45) is 0. The molecule has 7 heteroatoms. The second-order valence-electron chi connectivity index (χ2n) is 5.51. The number of hydrogen-bond acceptors (Lipinski definition) is 5. The molecule has 4 rings (SSSR count). The van der Waals surface area contributed by atoms with Crippen molar-refractivity contribution >= 4 is 28.0 Å². The van der Waals surface area contributed by atoms with Crippen LogP contribution in [0, 0.1) is 0 Å². The largest absolute Gasteiger partial charge is 0.422 e. The summed E-state index contributed by atoms with van der Waals surface area (Å²) in [6, 6.07) is 13.5. The van der Waals surface area contributed by atoms with E-state index in [0.717, 1.165) is 5.56 Å². The number of amides is 1. The van der Waals surface area contributed by atoms with E-state index < -0.39 is 17.3 Å². The van der Waals surface area contributed by atoms with Crippen molar-refractivity contribution < 1.29 is 13.6 Å². The number of benzene rings is 2. The highest BCUT2D eigenvalue weighted by atomic mass is 16.4. The molecule has 7 nitrogen and oxygen atoms in total. The maximum Gasteiger partial charge on any atom is 0.417 e. The van der Waals surface area contributed by atoms with Crippen molar-refractivity contribution in [2.75, 3.05) is 0 Å². The molecule has 25 heavy (non-hydrogen) atoms. The van der Waals surface area contributed by atoms with E-state index in [0.29, 0.717) is 22.1 Å². The van der Waals surface area contributed by atoms with Crippen LogP contribution in [0.5, 0.6) is 0 Å². The second kappa shape index (κ2) is 5.79. The van der Waals surface area contributed by atoms with Gasteiger partial charge in [-0.05, 0) is 29.8 Å². The van der Waals surface area contributed by atoms with Gasteiger partial charge in [0.15, 0.2) is 5.58 Å². The van der Waals surface area contributed by atoms with Crippen LogP contribution in [0.25, 0.3) is 22.1 Å². The molecule has 2 N–H and O–H groups in total. The number of H-pyrrole nitrogens is 1. The number of fused-ring (bicyclic) bond motifs is 2. The molecule has 0 saturated heterocycles. The Morgan fingerprint density at radius 3 is 2.72 bits per heavy atom. The molecule has 4 aromatic rings. The van der Waals surface area contributed by atoms with Crippen LogP contribution in [0.2, 0.25) is 0 Å². The smallest absolute Gasteiger partial charge is 0.417 e. The normalized spacial score (nSPS) is 11.0. The van der Waals surface area contributed by atoms with Gasteiger partial charge in [0, 0.05) is 11.9 Å². The standard InChI is InChI=1S/C18H12N2O5/c21-16(12-8-11-3-1-2-4-14(11)24-17(12)22)19-9-10-5-6-15-13(7-10)20-18(23)25-15/h1-8H,9H2,(H,19,21)(H,20,23). The molecule has 124 valence electrons. The Bertz CT molecular complexity index is 1220. The first kappa shape index (κ1) is 14.9. The lowest BCUT2D eigenvalue weighted by molar-refractivity contribution is 0.0947. The SMILES string of the molecule is O=C(NCc1ccc2oc(=O)[nH]c2c1)c1cc2ccccc2oc1=O. The average Bonchev–Trinajstić information content (AvgIpc) is 2.98. The van der Waals surface area contributed by atoms with Gasteiger partial charge in [-0.15, -0.1) is 0 Å². The molecule has 2 heterocycles. The summed E-state index contributed by atoms with van der Waals surface area (Å²) < 4.78 is 10.1. The highest BCUT2D eigenvalue weighted by Gasteiger charge is 2.13. The molecule has 2 aromatic carbocycles. The summed E-state index contributed by atoms with van der Waals surface area (Å²) in [5.74, 6) is -1.06. The van der Waals surface area contributed by atoms with Gasteiger partial charge in [0.1, 0.15) is 11.1 Å². The Labute approximate surface area is 139 Å². The zero-order valence-electron chi connectivity index (χ0n) is 12.9. The van der Waals surface area contributed by atoms with E-state index in [1.807, 2.05) is 0 Å². The molecule has 1 amide bonds. The minimum absolute atomic E-state index is 0.0588. The summed E-state index contributed by atoms with van der Waals surface area (Å²) in [5.41, 5.74) is 1.42. The Kier molecular flexibility index (Phi) is 3.46. The topological polar surface area (TPSA) is 105 Å². The lowest BCUT2D eigenvalue weighted by atomic mass is 10.1. The molecule has 0 fully saturated rings. The van der Waals surface area contributed by atoms with Crippen molar-refractivity contribution in [3.63, 3.8) is 0 Å². The molecular weight excluding hydrogens is 324 g/mol. The molecule has 2 aromatic heterocycles. The van der Waals surface area contributed by atoms with E-state index in [1.165, 1.54) is 6.07 Å². The number of rotatable bonds is 3. The Balaban J connectivity index is 1.57. The van der Waals surface area contributed by atoms with Gasteiger partial charge in [-0.3, -0.25) is 9.78 Å². The fourth-order valence-corrected chi connectivity index (χ4v) is 2.61. The Morgan fingerprint density at radius 2 is 1.84 bits per heavy atom. The van der Waals surface area contributed by atoms with Gasteiger partial charge in [-0.25, -0.2) is 9.59 Å². The lowest BCUT2D eigenvalue weighted by Crippen LogP contribution is -2.27. The van der Waals surface area contributed by atoms with Gasteiger partial charge in [0.2, 0.25) is 0 Å². The zero-order chi connectivity index (χ0) is 17.4. The molecule has 0 radical (unpaired) electrons. The van der Waals surface area contributed by atoms with Gasteiger partial charge in [-0.1, -0.05) is 24.3 Å². The summed E-state index contributed by atoms with van der Waals surface area (Å²) in [6.45, 7) is 0.189. The highest BCUT2D eigenvalue weighted by Crippen LogP contribution is 2.14. The number of carbonyl (C=O) groups excluding carboxylic acids is 1. The number of carbonyl (C=O) groups is 1. The summed E-state index contributed by atoms with van der Waals surface area (Å²) >= 11 is 0.